The Balaban J connectivity index is 1.59. The number of halogens is 2. The predicted octanol–water partition coefficient (Wildman–Crippen LogP) is 3.25. The summed E-state index contributed by atoms with van der Waals surface area (Å²) in [7, 11) is -3.70. The van der Waals surface area contributed by atoms with Crippen LogP contribution in [0.4, 0.5) is 0 Å². The summed E-state index contributed by atoms with van der Waals surface area (Å²) in [5.74, 6) is -0.344. The predicted molar refractivity (Wildman–Crippen MR) is 108 cm³/mol. The number of hydrogen-bond acceptors (Lipinski definition) is 6. The summed E-state index contributed by atoms with van der Waals surface area (Å²) in [5, 5.41) is 0.703. The fourth-order valence-corrected chi connectivity index (χ4v) is 4.66. The van der Waals surface area contributed by atoms with Gasteiger partial charge in [-0.1, -0.05) is 35.3 Å². The van der Waals surface area contributed by atoms with Gasteiger partial charge >= 0.3 is 5.97 Å². The maximum atomic E-state index is 12.7. The van der Waals surface area contributed by atoms with E-state index in [-0.39, 0.29) is 36.8 Å². The van der Waals surface area contributed by atoms with E-state index >= 15 is 0 Å². The van der Waals surface area contributed by atoms with Gasteiger partial charge in [0.05, 0.1) is 33.7 Å². The molecule has 0 spiro atoms. The molecule has 1 saturated heterocycles. The molecule has 0 bridgehead atoms. The molecule has 0 unspecified atom stereocenters. The van der Waals surface area contributed by atoms with E-state index in [0.29, 0.717) is 29.0 Å². The highest BCUT2D eigenvalue weighted by Gasteiger charge is 2.27. The molecular formula is C19H19Cl2NO6S. The minimum atomic E-state index is -3.70. The van der Waals surface area contributed by atoms with E-state index in [0.717, 1.165) is 0 Å². The van der Waals surface area contributed by atoms with E-state index < -0.39 is 16.0 Å². The van der Waals surface area contributed by atoms with E-state index in [4.69, 9.17) is 37.4 Å². The normalized spacial score (nSPS) is 15.1. The monoisotopic (exact) mass is 459 g/mol. The van der Waals surface area contributed by atoms with Crippen LogP contribution in [-0.2, 0) is 19.5 Å². The van der Waals surface area contributed by atoms with Gasteiger partial charge in [-0.3, -0.25) is 0 Å². The Morgan fingerprint density at radius 3 is 2.38 bits per heavy atom. The number of rotatable bonds is 7. The van der Waals surface area contributed by atoms with Crippen LogP contribution in [0.2, 0.25) is 10.0 Å². The fourth-order valence-electron chi connectivity index (χ4n) is 2.70. The molecule has 2 aromatic carbocycles. The molecule has 0 atom stereocenters. The first kappa shape index (κ1) is 21.9. The van der Waals surface area contributed by atoms with Crippen molar-refractivity contribution in [2.24, 2.45) is 0 Å². The number of ether oxygens (including phenoxy) is 3. The van der Waals surface area contributed by atoms with Gasteiger partial charge in [0.15, 0.2) is 5.75 Å². The van der Waals surface area contributed by atoms with Gasteiger partial charge in [-0.25, -0.2) is 13.2 Å². The highest BCUT2D eigenvalue weighted by molar-refractivity contribution is 7.89. The Bertz CT molecular complexity index is 956. The third kappa shape index (κ3) is 5.40. The second-order valence-electron chi connectivity index (χ2n) is 6.08. The number of morpholine rings is 1. The molecule has 1 aliphatic rings. The van der Waals surface area contributed by atoms with Crippen molar-refractivity contribution < 1.29 is 27.4 Å². The molecular weight excluding hydrogens is 441 g/mol. The third-order valence-electron chi connectivity index (χ3n) is 4.16. The van der Waals surface area contributed by atoms with Crippen LogP contribution in [0.3, 0.4) is 0 Å². The van der Waals surface area contributed by atoms with Gasteiger partial charge in [0.25, 0.3) is 0 Å². The lowest BCUT2D eigenvalue weighted by atomic mass is 10.2. The Labute approximate surface area is 179 Å². The standard InChI is InChI=1S/C19H19Cl2NO6S/c20-16-5-2-6-17(21)18(16)27-11-12-28-19(23)14-3-1-4-15(13-14)29(24,25)22-7-9-26-10-8-22/h1-6,13H,7-12H2. The molecule has 1 fully saturated rings. The van der Waals surface area contributed by atoms with Crippen molar-refractivity contribution in [2.75, 3.05) is 39.5 Å². The smallest absolute Gasteiger partial charge is 0.338 e. The number of esters is 1. The van der Waals surface area contributed by atoms with Crippen LogP contribution in [0.1, 0.15) is 10.4 Å². The summed E-state index contributed by atoms with van der Waals surface area (Å²) < 4.78 is 42.6. The SMILES string of the molecule is O=C(OCCOc1c(Cl)cccc1Cl)c1cccc(S(=O)(=O)N2CCOCC2)c1. The third-order valence-corrected chi connectivity index (χ3v) is 6.65. The van der Waals surface area contributed by atoms with Crippen LogP contribution >= 0.6 is 23.2 Å². The van der Waals surface area contributed by atoms with Crippen LogP contribution < -0.4 is 4.74 Å². The van der Waals surface area contributed by atoms with Crippen molar-refractivity contribution in [3.63, 3.8) is 0 Å². The number of hydrogen-bond donors (Lipinski definition) is 0. The van der Waals surface area contributed by atoms with Gasteiger partial charge in [0, 0.05) is 13.1 Å². The van der Waals surface area contributed by atoms with Crippen molar-refractivity contribution in [3.8, 4) is 5.75 Å². The zero-order valence-electron chi connectivity index (χ0n) is 15.3. The largest absolute Gasteiger partial charge is 0.487 e. The molecule has 0 N–H and O–H groups in total. The van der Waals surface area contributed by atoms with Crippen LogP contribution in [0.5, 0.6) is 5.75 Å². The Morgan fingerprint density at radius 1 is 1.03 bits per heavy atom. The summed E-state index contributed by atoms with van der Waals surface area (Å²) in [5.41, 5.74) is 0.134. The first-order valence-electron chi connectivity index (χ1n) is 8.81. The van der Waals surface area contributed by atoms with Gasteiger partial charge < -0.3 is 14.2 Å². The molecule has 2 aromatic rings. The number of carbonyl (C=O) groups is 1. The number of benzene rings is 2. The number of para-hydroxylation sites is 1. The minimum Gasteiger partial charge on any atom is -0.487 e. The maximum Gasteiger partial charge on any atom is 0.338 e. The first-order chi connectivity index (χ1) is 13.9. The summed E-state index contributed by atoms with van der Waals surface area (Å²) >= 11 is 12.0. The summed E-state index contributed by atoms with van der Waals surface area (Å²) in [6.45, 7) is 1.23. The number of carbonyl (C=O) groups excluding carboxylic acids is 1. The van der Waals surface area contributed by atoms with Crippen molar-refractivity contribution in [3.05, 3.63) is 58.1 Å². The Kier molecular flexibility index (Phi) is 7.37. The molecule has 3 rings (SSSR count). The Morgan fingerprint density at radius 2 is 1.69 bits per heavy atom. The van der Waals surface area contributed by atoms with Crippen molar-refractivity contribution in [1.82, 2.24) is 4.31 Å². The molecule has 0 aliphatic carbocycles. The lowest BCUT2D eigenvalue weighted by Gasteiger charge is -2.26. The van der Waals surface area contributed by atoms with Crippen LogP contribution in [0.25, 0.3) is 0 Å². The van der Waals surface area contributed by atoms with Crippen LogP contribution in [0.15, 0.2) is 47.4 Å². The number of sulfonamides is 1. The average molecular weight is 460 g/mol. The molecule has 0 saturated carbocycles. The van der Waals surface area contributed by atoms with Gasteiger partial charge in [-0.05, 0) is 30.3 Å². The zero-order chi connectivity index (χ0) is 20.9. The second-order valence-corrected chi connectivity index (χ2v) is 8.83. The van der Waals surface area contributed by atoms with E-state index in [9.17, 15) is 13.2 Å². The summed E-state index contributed by atoms with van der Waals surface area (Å²) in [4.78, 5) is 12.3. The highest BCUT2D eigenvalue weighted by Crippen LogP contribution is 2.32. The van der Waals surface area contributed by atoms with E-state index in [1.807, 2.05) is 0 Å². The average Bonchev–Trinajstić information content (AvgIpc) is 2.73. The molecule has 0 radical (unpaired) electrons. The summed E-state index contributed by atoms with van der Waals surface area (Å²) in [6.07, 6.45) is 0. The molecule has 10 heteroatoms. The van der Waals surface area contributed by atoms with Crippen molar-refractivity contribution in [1.29, 1.82) is 0 Å². The Hall–Kier alpha value is -1.84. The lowest BCUT2D eigenvalue weighted by Crippen LogP contribution is -2.40. The molecule has 1 heterocycles. The van der Waals surface area contributed by atoms with Crippen LogP contribution in [0, 0.1) is 0 Å². The fraction of sp³-hybridized carbons (Fsp3) is 0.316. The van der Waals surface area contributed by atoms with Crippen molar-refractivity contribution >= 4 is 39.2 Å². The maximum absolute atomic E-state index is 12.7. The number of nitrogens with zero attached hydrogens (tertiary/aromatic N) is 1. The highest BCUT2D eigenvalue weighted by atomic mass is 35.5. The van der Waals surface area contributed by atoms with Crippen molar-refractivity contribution in [2.45, 2.75) is 4.90 Å². The van der Waals surface area contributed by atoms with E-state index in [2.05, 4.69) is 0 Å². The zero-order valence-corrected chi connectivity index (χ0v) is 17.7. The first-order valence-corrected chi connectivity index (χ1v) is 11.0. The quantitative estimate of drug-likeness (QED) is 0.466. The van der Waals surface area contributed by atoms with Gasteiger partial charge in [0.2, 0.25) is 10.0 Å². The van der Waals surface area contributed by atoms with Gasteiger partial charge in [0.1, 0.15) is 13.2 Å². The lowest BCUT2D eigenvalue weighted by molar-refractivity contribution is 0.0450. The van der Waals surface area contributed by atoms with E-state index in [1.165, 1.54) is 28.6 Å². The molecule has 29 heavy (non-hydrogen) atoms. The molecule has 7 nitrogen and oxygen atoms in total. The second kappa shape index (κ2) is 9.77. The molecule has 156 valence electrons. The summed E-state index contributed by atoms with van der Waals surface area (Å²) in [6, 6.07) is 10.7. The van der Waals surface area contributed by atoms with Gasteiger partial charge in [-0.2, -0.15) is 4.31 Å². The van der Waals surface area contributed by atoms with Crippen LogP contribution in [-0.4, -0.2) is 58.2 Å². The minimum absolute atomic E-state index is 0.0351. The molecule has 0 amide bonds. The molecule has 1 aliphatic heterocycles. The van der Waals surface area contributed by atoms with E-state index in [1.54, 1.807) is 18.2 Å². The van der Waals surface area contributed by atoms with Gasteiger partial charge in [-0.15, -0.1) is 0 Å². The topological polar surface area (TPSA) is 82.1 Å². The molecule has 0 aromatic heterocycles.